The highest BCUT2D eigenvalue weighted by Gasteiger charge is 2.08. The Balaban J connectivity index is 2.77. The first-order chi connectivity index (χ1) is 7.29. The van der Waals surface area contributed by atoms with Crippen molar-refractivity contribution in [3.63, 3.8) is 0 Å². The van der Waals surface area contributed by atoms with Crippen LogP contribution < -0.4 is 9.47 Å². The Morgan fingerprint density at radius 3 is 2.53 bits per heavy atom. The van der Waals surface area contributed by atoms with Crippen LogP contribution >= 0.6 is 22.6 Å². The van der Waals surface area contributed by atoms with Crippen molar-refractivity contribution in [1.82, 2.24) is 0 Å². The Morgan fingerprint density at radius 2 is 1.87 bits per heavy atom. The van der Waals surface area contributed by atoms with E-state index in [-0.39, 0.29) is 0 Å². The van der Waals surface area contributed by atoms with Gasteiger partial charge in [0.2, 0.25) is 0 Å². The van der Waals surface area contributed by atoms with E-state index in [1.165, 1.54) is 0 Å². The molecular formula is C12H16IO2. The van der Waals surface area contributed by atoms with Gasteiger partial charge in [-0.1, -0.05) is 13.8 Å². The maximum Gasteiger partial charge on any atom is 0.175 e. The van der Waals surface area contributed by atoms with Crippen LogP contribution in [0.2, 0.25) is 0 Å². The Morgan fingerprint density at radius 1 is 1.20 bits per heavy atom. The van der Waals surface area contributed by atoms with Gasteiger partial charge in [-0.05, 0) is 47.6 Å². The maximum absolute atomic E-state index is 5.65. The number of rotatable bonds is 6. The monoisotopic (exact) mass is 319 g/mol. The molecule has 0 aliphatic heterocycles. The fourth-order valence-electron chi connectivity index (χ4n) is 1.09. The summed E-state index contributed by atoms with van der Waals surface area (Å²) in [5.74, 6) is 1.56. The molecule has 0 spiro atoms. The molecule has 0 amide bonds. The van der Waals surface area contributed by atoms with Gasteiger partial charge in [0, 0.05) is 6.07 Å². The van der Waals surface area contributed by atoms with Gasteiger partial charge in [0.1, 0.15) is 0 Å². The van der Waals surface area contributed by atoms with Crippen LogP contribution in [-0.4, -0.2) is 13.2 Å². The van der Waals surface area contributed by atoms with Crippen molar-refractivity contribution in [2.75, 3.05) is 13.2 Å². The first-order valence-electron chi connectivity index (χ1n) is 5.25. The van der Waals surface area contributed by atoms with Crippen molar-refractivity contribution >= 4 is 22.6 Å². The second kappa shape index (κ2) is 6.93. The average molecular weight is 319 g/mol. The molecule has 0 bridgehead atoms. The molecule has 0 aliphatic rings. The number of ether oxygens (including phenoxy) is 2. The predicted molar refractivity (Wildman–Crippen MR) is 69.6 cm³/mol. The summed E-state index contributed by atoms with van der Waals surface area (Å²) in [6.07, 6.45) is 1.99. The predicted octanol–water partition coefficient (Wildman–Crippen LogP) is 3.67. The molecule has 1 radical (unpaired) electrons. The van der Waals surface area contributed by atoms with E-state index in [9.17, 15) is 0 Å². The van der Waals surface area contributed by atoms with Gasteiger partial charge in [-0.2, -0.15) is 0 Å². The minimum absolute atomic E-state index is 0.707. The fourth-order valence-corrected chi connectivity index (χ4v) is 1.67. The molecule has 0 saturated heterocycles. The van der Waals surface area contributed by atoms with Crippen LogP contribution in [0.4, 0.5) is 0 Å². The van der Waals surface area contributed by atoms with Crippen LogP contribution in [0.3, 0.4) is 0 Å². The van der Waals surface area contributed by atoms with Crippen molar-refractivity contribution in [1.29, 1.82) is 0 Å². The summed E-state index contributed by atoms with van der Waals surface area (Å²) in [6.45, 7) is 5.60. The normalized spacial score (nSPS) is 10.1. The lowest BCUT2D eigenvalue weighted by atomic mass is 10.3. The highest BCUT2D eigenvalue weighted by atomic mass is 127. The Hall–Kier alpha value is -0.450. The van der Waals surface area contributed by atoms with E-state index in [2.05, 4.69) is 42.5 Å². The van der Waals surface area contributed by atoms with Gasteiger partial charge >= 0.3 is 0 Å². The molecule has 0 aliphatic carbocycles. The van der Waals surface area contributed by atoms with E-state index in [0.717, 1.165) is 34.5 Å². The minimum atomic E-state index is 0.707. The quantitative estimate of drug-likeness (QED) is 0.745. The molecule has 0 N–H and O–H groups in total. The Kier molecular flexibility index (Phi) is 5.83. The molecule has 15 heavy (non-hydrogen) atoms. The van der Waals surface area contributed by atoms with Gasteiger partial charge in [0.25, 0.3) is 0 Å². The molecule has 0 aromatic heterocycles. The highest BCUT2D eigenvalue weighted by Crippen LogP contribution is 2.32. The Bertz CT molecular complexity index is 300. The second-order valence-electron chi connectivity index (χ2n) is 3.18. The second-order valence-corrected chi connectivity index (χ2v) is 4.34. The summed E-state index contributed by atoms with van der Waals surface area (Å²) >= 11 is 2.25. The van der Waals surface area contributed by atoms with E-state index in [1.807, 2.05) is 12.1 Å². The van der Waals surface area contributed by atoms with E-state index in [0.29, 0.717) is 6.61 Å². The molecule has 0 atom stereocenters. The van der Waals surface area contributed by atoms with Gasteiger partial charge in [0.15, 0.2) is 11.5 Å². The molecule has 0 saturated carbocycles. The molecule has 1 aromatic carbocycles. The minimum Gasteiger partial charge on any atom is -0.489 e. The van der Waals surface area contributed by atoms with Crippen LogP contribution in [-0.2, 0) is 0 Å². The molecule has 83 valence electrons. The zero-order valence-electron chi connectivity index (χ0n) is 9.18. The summed E-state index contributed by atoms with van der Waals surface area (Å²) in [4.78, 5) is 0. The van der Waals surface area contributed by atoms with Crippen LogP contribution in [0.25, 0.3) is 0 Å². The summed E-state index contributed by atoms with van der Waals surface area (Å²) < 4.78 is 12.3. The summed E-state index contributed by atoms with van der Waals surface area (Å²) in [5.41, 5.74) is 0. The van der Waals surface area contributed by atoms with Crippen molar-refractivity contribution < 1.29 is 9.47 Å². The highest BCUT2D eigenvalue weighted by molar-refractivity contribution is 14.1. The molecule has 0 fully saturated rings. The zero-order valence-corrected chi connectivity index (χ0v) is 11.3. The van der Waals surface area contributed by atoms with Crippen LogP contribution in [0, 0.1) is 9.64 Å². The third-order valence-electron chi connectivity index (χ3n) is 1.77. The first-order valence-corrected chi connectivity index (χ1v) is 6.33. The third kappa shape index (κ3) is 3.89. The number of halogens is 1. The number of hydrogen-bond donors (Lipinski definition) is 0. The number of hydrogen-bond acceptors (Lipinski definition) is 2. The average Bonchev–Trinajstić information content (AvgIpc) is 2.25. The van der Waals surface area contributed by atoms with Gasteiger partial charge in [-0.15, -0.1) is 0 Å². The van der Waals surface area contributed by atoms with Gasteiger partial charge < -0.3 is 9.47 Å². The van der Waals surface area contributed by atoms with Crippen molar-refractivity contribution in [2.45, 2.75) is 26.7 Å². The van der Waals surface area contributed by atoms with Crippen LogP contribution in [0.5, 0.6) is 11.5 Å². The Labute approximate surface area is 105 Å². The van der Waals surface area contributed by atoms with Crippen molar-refractivity contribution in [2.24, 2.45) is 0 Å². The largest absolute Gasteiger partial charge is 0.489 e. The van der Waals surface area contributed by atoms with Gasteiger partial charge in [-0.25, -0.2) is 0 Å². The molecule has 0 heterocycles. The van der Waals surface area contributed by atoms with E-state index in [1.54, 1.807) is 0 Å². The lowest BCUT2D eigenvalue weighted by molar-refractivity contribution is 0.266. The molecule has 1 rings (SSSR count). The summed E-state index contributed by atoms with van der Waals surface area (Å²) in [5, 5.41) is 0. The lowest BCUT2D eigenvalue weighted by Crippen LogP contribution is -2.02. The molecule has 0 unspecified atom stereocenters. The van der Waals surface area contributed by atoms with Gasteiger partial charge in [0.05, 0.1) is 16.8 Å². The topological polar surface area (TPSA) is 18.5 Å². The van der Waals surface area contributed by atoms with Crippen molar-refractivity contribution in [3.05, 3.63) is 21.8 Å². The van der Waals surface area contributed by atoms with E-state index >= 15 is 0 Å². The summed E-state index contributed by atoms with van der Waals surface area (Å²) in [6, 6.07) is 6.91. The maximum atomic E-state index is 5.65. The van der Waals surface area contributed by atoms with Crippen LogP contribution in [0.1, 0.15) is 26.7 Å². The smallest absolute Gasteiger partial charge is 0.175 e. The molecule has 2 nitrogen and oxygen atoms in total. The molecule has 3 heteroatoms. The lowest BCUT2D eigenvalue weighted by Gasteiger charge is -2.12. The van der Waals surface area contributed by atoms with Crippen LogP contribution in [0.15, 0.2) is 12.1 Å². The van der Waals surface area contributed by atoms with E-state index in [4.69, 9.17) is 9.47 Å². The number of benzene rings is 1. The SMILES string of the molecule is CCCOc1[c]ccc(I)c1OCCC. The van der Waals surface area contributed by atoms with Gasteiger partial charge in [-0.3, -0.25) is 0 Å². The fraction of sp³-hybridized carbons (Fsp3) is 0.500. The third-order valence-corrected chi connectivity index (χ3v) is 2.62. The van der Waals surface area contributed by atoms with E-state index < -0.39 is 0 Å². The van der Waals surface area contributed by atoms with Crippen molar-refractivity contribution in [3.8, 4) is 11.5 Å². The standard InChI is InChI=1S/C12H16IO2/c1-3-8-14-11-7-5-6-10(13)12(11)15-9-4-2/h5-6H,3-4,8-9H2,1-2H3. The molecular weight excluding hydrogens is 303 g/mol. The molecule has 1 aromatic rings. The summed E-state index contributed by atoms with van der Waals surface area (Å²) in [7, 11) is 0. The first kappa shape index (κ1) is 12.6. The zero-order chi connectivity index (χ0) is 11.1.